The van der Waals surface area contributed by atoms with Crippen molar-refractivity contribution < 1.29 is 9.47 Å². The highest BCUT2D eigenvalue weighted by molar-refractivity contribution is 5.57. The Labute approximate surface area is 71.9 Å². The molecule has 3 nitrogen and oxygen atoms in total. The monoisotopic (exact) mass is 167 g/mol. The molecule has 0 unspecified atom stereocenters. The number of rotatable bonds is 2. The highest BCUT2D eigenvalue weighted by Gasteiger charge is 2.19. The smallest absolute Gasteiger partial charge is 0.164 e. The summed E-state index contributed by atoms with van der Waals surface area (Å²) in [7, 11) is 3.34. The minimum Gasteiger partial charge on any atom is -0.493 e. The van der Waals surface area contributed by atoms with E-state index in [1.807, 2.05) is 6.07 Å². The van der Waals surface area contributed by atoms with E-state index in [2.05, 4.69) is 6.07 Å². The Hall–Kier alpha value is -1.22. The molecule has 0 saturated carbocycles. The normalized spacial score (nSPS) is 11.2. The summed E-state index contributed by atoms with van der Waals surface area (Å²) >= 11 is 0. The Balaban J connectivity index is 0.000000720. The first-order valence-electron chi connectivity index (χ1n) is 3.59. The van der Waals surface area contributed by atoms with Gasteiger partial charge in [-0.05, 0) is 11.6 Å². The average Bonchev–Trinajstić information content (AvgIpc) is 2.01. The first-order chi connectivity index (χ1) is 5.35. The van der Waals surface area contributed by atoms with Crippen LogP contribution < -0.4 is 15.6 Å². The molecule has 3 N–H and O–H groups in total. The second-order valence-electron chi connectivity index (χ2n) is 2.67. The Morgan fingerprint density at radius 1 is 1.17 bits per heavy atom. The van der Waals surface area contributed by atoms with Crippen LogP contribution in [0.25, 0.3) is 0 Å². The molecule has 66 valence electrons. The first kappa shape index (κ1) is 8.87. The molecule has 0 aromatic heterocycles. The topological polar surface area (TPSA) is 53.5 Å². The van der Waals surface area contributed by atoms with E-state index in [4.69, 9.17) is 9.47 Å². The SMILES string of the molecule is COc1cc2cc(c1OC)C2.N. The van der Waals surface area contributed by atoms with Crippen molar-refractivity contribution in [2.24, 2.45) is 0 Å². The van der Waals surface area contributed by atoms with Gasteiger partial charge in [-0.3, -0.25) is 0 Å². The van der Waals surface area contributed by atoms with Gasteiger partial charge in [0.1, 0.15) is 0 Å². The summed E-state index contributed by atoms with van der Waals surface area (Å²) < 4.78 is 10.3. The summed E-state index contributed by atoms with van der Waals surface area (Å²) in [4.78, 5) is 0. The van der Waals surface area contributed by atoms with Crippen LogP contribution in [0.2, 0.25) is 0 Å². The van der Waals surface area contributed by atoms with E-state index in [1.165, 1.54) is 11.1 Å². The van der Waals surface area contributed by atoms with E-state index in [0.717, 1.165) is 17.9 Å². The van der Waals surface area contributed by atoms with Gasteiger partial charge in [-0.2, -0.15) is 0 Å². The molecule has 12 heavy (non-hydrogen) atoms. The van der Waals surface area contributed by atoms with Gasteiger partial charge in [0, 0.05) is 12.0 Å². The largest absolute Gasteiger partial charge is 0.493 e. The summed E-state index contributed by atoms with van der Waals surface area (Å²) in [6.45, 7) is 0. The van der Waals surface area contributed by atoms with Crippen molar-refractivity contribution in [2.45, 2.75) is 6.42 Å². The van der Waals surface area contributed by atoms with E-state index in [0.29, 0.717) is 0 Å². The predicted octanol–water partition coefficient (Wildman–Crippen LogP) is 1.77. The lowest BCUT2D eigenvalue weighted by Crippen LogP contribution is -2.06. The Kier molecular flexibility index (Phi) is 2.24. The van der Waals surface area contributed by atoms with Crippen LogP contribution in [0.15, 0.2) is 12.1 Å². The van der Waals surface area contributed by atoms with Gasteiger partial charge in [0.25, 0.3) is 0 Å². The lowest BCUT2D eigenvalue weighted by molar-refractivity contribution is 0.349. The standard InChI is InChI=1S/C9H10O2.H3N/c1-10-8-5-6-3-7(4-6)9(8)11-2;/h3,5H,4H2,1-2H3;1H3. The van der Waals surface area contributed by atoms with E-state index >= 15 is 0 Å². The molecule has 0 fully saturated rings. The predicted molar refractivity (Wildman–Crippen MR) is 47.4 cm³/mol. The van der Waals surface area contributed by atoms with Crippen LogP contribution in [-0.2, 0) is 6.42 Å². The average molecular weight is 167 g/mol. The summed E-state index contributed by atoms with van der Waals surface area (Å²) in [5, 5.41) is 0. The molecule has 0 spiro atoms. The highest BCUT2D eigenvalue weighted by atomic mass is 16.5. The first-order valence-corrected chi connectivity index (χ1v) is 3.59. The maximum absolute atomic E-state index is 5.19. The minimum atomic E-state index is 0. The van der Waals surface area contributed by atoms with E-state index in [9.17, 15) is 0 Å². The van der Waals surface area contributed by atoms with Crippen molar-refractivity contribution in [1.29, 1.82) is 0 Å². The second-order valence-corrected chi connectivity index (χ2v) is 2.67. The third-order valence-corrected chi connectivity index (χ3v) is 2.01. The maximum Gasteiger partial charge on any atom is 0.164 e. The van der Waals surface area contributed by atoms with Crippen LogP contribution in [0.4, 0.5) is 0 Å². The van der Waals surface area contributed by atoms with Crippen LogP contribution in [0.5, 0.6) is 11.5 Å². The van der Waals surface area contributed by atoms with Gasteiger partial charge in [0.15, 0.2) is 11.5 Å². The van der Waals surface area contributed by atoms with E-state index in [1.54, 1.807) is 14.2 Å². The number of hydrogen-bond donors (Lipinski definition) is 1. The molecule has 1 aromatic carbocycles. The fourth-order valence-electron chi connectivity index (χ4n) is 1.43. The minimum absolute atomic E-state index is 0. The van der Waals surface area contributed by atoms with Crippen molar-refractivity contribution in [3.8, 4) is 11.5 Å². The maximum atomic E-state index is 5.19. The zero-order valence-electron chi connectivity index (χ0n) is 7.39. The summed E-state index contributed by atoms with van der Waals surface area (Å²) in [6, 6.07) is 4.15. The number of benzene rings is 1. The lowest BCUT2D eigenvalue weighted by Gasteiger charge is -2.21. The molecule has 0 saturated heterocycles. The van der Waals surface area contributed by atoms with Crippen LogP contribution >= 0.6 is 0 Å². The Morgan fingerprint density at radius 3 is 2.25 bits per heavy atom. The molecule has 3 rings (SSSR count). The highest BCUT2D eigenvalue weighted by Crippen LogP contribution is 2.39. The van der Waals surface area contributed by atoms with Crippen molar-refractivity contribution in [1.82, 2.24) is 6.15 Å². The van der Waals surface area contributed by atoms with Crippen LogP contribution in [0.1, 0.15) is 11.1 Å². The molecular weight excluding hydrogens is 154 g/mol. The quantitative estimate of drug-likeness (QED) is 0.741. The fourth-order valence-corrected chi connectivity index (χ4v) is 1.43. The van der Waals surface area contributed by atoms with Crippen LogP contribution in [0.3, 0.4) is 0 Å². The van der Waals surface area contributed by atoms with Gasteiger partial charge in [0.2, 0.25) is 0 Å². The molecular formula is C9H13NO2. The number of fused-ring (bicyclic) bond motifs is 2. The summed E-state index contributed by atoms with van der Waals surface area (Å²) in [6.07, 6.45) is 1.04. The van der Waals surface area contributed by atoms with E-state index < -0.39 is 0 Å². The zero-order chi connectivity index (χ0) is 7.84. The van der Waals surface area contributed by atoms with Gasteiger partial charge >= 0.3 is 0 Å². The van der Waals surface area contributed by atoms with Gasteiger partial charge in [-0.15, -0.1) is 0 Å². The molecule has 2 aliphatic carbocycles. The van der Waals surface area contributed by atoms with E-state index in [-0.39, 0.29) is 6.15 Å². The Morgan fingerprint density at radius 2 is 1.83 bits per heavy atom. The molecule has 0 atom stereocenters. The molecule has 2 aliphatic rings. The number of ether oxygens (including phenoxy) is 2. The summed E-state index contributed by atoms with van der Waals surface area (Å²) in [5.74, 6) is 1.74. The third kappa shape index (κ3) is 1.02. The van der Waals surface area contributed by atoms with Crippen molar-refractivity contribution in [2.75, 3.05) is 14.2 Å². The van der Waals surface area contributed by atoms with Crippen LogP contribution in [-0.4, -0.2) is 14.2 Å². The molecule has 0 radical (unpaired) electrons. The second kappa shape index (κ2) is 3.03. The molecule has 3 heteroatoms. The number of hydrogen-bond acceptors (Lipinski definition) is 3. The molecule has 0 amide bonds. The molecule has 2 bridgehead atoms. The Bertz CT molecular complexity index is 297. The van der Waals surface area contributed by atoms with Gasteiger partial charge < -0.3 is 15.6 Å². The van der Waals surface area contributed by atoms with Gasteiger partial charge in [-0.25, -0.2) is 0 Å². The van der Waals surface area contributed by atoms with Crippen molar-refractivity contribution >= 4 is 0 Å². The fraction of sp³-hybridized carbons (Fsp3) is 0.333. The zero-order valence-corrected chi connectivity index (χ0v) is 7.39. The summed E-state index contributed by atoms with van der Waals surface area (Å²) in [5.41, 5.74) is 2.58. The molecule has 1 aromatic rings. The van der Waals surface area contributed by atoms with Gasteiger partial charge in [0.05, 0.1) is 14.2 Å². The molecule has 0 aliphatic heterocycles. The third-order valence-electron chi connectivity index (χ3n) is 2.01. The van der Waals surface area contributed by atoms with Gasteiger partial charge in [-0.1, -0.05) is 6.07 Å². The lowest BCUT2D eigenvalue weighted by atomic mass is 9.91. The van der Waals surface area contributed by atoms with Crippen molar-refractivity contribution in [3.05, 3.63) is 23.3 Å². The van der Waals surface area contributed by atoms with Crippen molar-refractivity contribution in [3.63, 3.8) is 0 Å². The number of methoxy groups -OCH3 is 2. The van der Waals surface area contributed by atoms with Crippen LogP contribution in [0, 0.1) is 0 Å². The molecule has 0 heterocycles.